The molecule has 2 N–H and O–H groups in total. The van der Waals surface area contributed by atoms with Crippen LogP contribution in [0.5, 0.6) is 0 Å². The van der Waals surface area contributed by atoms with Crippen LogP contribution in [0.15, 0.2) is 67.0 Å². The zero-order valence-electron chi connectivity index (χ0n) is 18.8. The van der Waals surface area contributed by atoms with E-state index in [0.29, 0.717) is 22.5 Å². The second-order valence-electron chi connectivity index (χ2n) is 7.82. The maximum atomic E-state index is 14.2. The average Bonchev–Trinajstić information content (AvgIpc) is 2.83. The van der Waals surface area contributed by atoms with Crippen molar-refractivity contribution in [3.8, 4) is 0 Å². The van der Waals surface area contributed by atoms with Gasteiger partial charge in [-0.1, -0.05) is 12.1 Å². The first kappa shape index (κ1) is 26.1. The zero-order valence-corrected chi connectivity index (χ0v) is 19.6. The van der Waals surface area contributed by atoms with Crippen LogP contribution in [0.2, 0.25) is 0 Å². The van der Waals surface area contributed by atoms with Gasteiger partial charge in [0, 0.05) is 24.0 Å². The molecule has 0 saturated carbocycles. The molecule has 2 atom stereocenters. The molecular formula is C24H17F5N4O3S. The van der Waals surface area contributed by atoms with Gasteiger partial charge in [-0.25, -0.2) is 17.3 Å². The molecule has 0 saturated heterocycles. The van der Waals surface area contributed by atoms with E-state index < -0.39 is 57.8 Å². The molecule has 0 aliphatic rings. The predicted molar refractivity (Wildman–Crippen MR) is 126 cm³/mol. The molecule has 0 aliphatic heterocycles. The van der Waals surface area contributed by atoms with Crippen molar-refractivity contribution in [2.24, 2.45) is 0 Å². The first-order chi connectivity index (χ1) is 17.5. The Morgan fingerprint density at radius 2 is 1.76 bits per heavy atom. The molecule has 7 nitrogen and oxygen atoms in total. The van der Waals surface area contributed by atoms with Crippen molar-refractivity contribution in [1.82, 2.24) is 15.3 Å². The van der Waals surface area contributed by atoms with Crippen LogP contribution < -0.4 is 9.62 Å². The summed E-state index contributed by atoms with van der Waals surface area (Å²) < 4.78 is 91.5. The van der Waals surface area contributed by atoms with Crippen LogP contribution in [0.4, 0.5) is 33.3 Å². The maximum Gasteiger partial charge on any atom is 0.416 e. The highest BCUT2D eigenvalue weighted by Crippen LogP contribution is 2.38. The number of hydrogen-bond donors (Lipinski definition) is 2. The minimum absolute atomic E-state index is 0.0740. The van der Waals surface area contributed by atoms with Crippen molar-refractivity contribution in [1.29, 1.82) is 0 Å². The number of hydrogen-bond acceptors (Lipinski definition) is 4. The van der Waals surface area contributed by atoms with E-state index in [-0.39, 0.29) is 22.3 Å². The molecule has 192 valence electrons. The third kappa shape index (κ3) is 5.42. The Hall–Kier alpha value is -3.97. The summed E-state index contributed by atoms with van der Waals surface area (Å²) in [5, 5.41) is 2.44. The Kier molecular flexibility index (Phi) is 7.18. The fraction of sp³-hybridized carbons (Fsp3) is 0.125. The van der Waals surface area contributed by atoms with E-state index in [1.165, 1.54) is 31.5 Å². The Labute approximate surface area is 209 Å². The number of nitrogens with one attached hydrogen (secondary N) is 1. The first-order valence-corrected chi connectivity index (χ1v) is 11.6. The number of benzene rings is 3. The lowest BCUT2D eigenvalue weighted by molar-refractivity contribution is -0.137. The predicted octanol–water partition coefficient (Wildman–Crippen LogP) is 5.69. The number of aromatic nitrogens is 2. The number of rotatable bonds is 6. The van der Waals surface area contributed by atoms with Gasteiger partial charge in [0.05, 0.1) is 34.1 Å². The van der Waals surface area contributed by atoms with E-state index in [1.54, 1.807) is 6.07 Å². The van der Waals surface area contributed by atoms with Gasteiger partial charge in [-0.05, 0) is 43.3 Å². The van der Waals surface area contributed by atoms with Crippen LogP contribution in [0.25, 0.3) is 11.0 Å². The van der Waals surface area contributed by atoms with E-state index in [1.807, 2.05) is 0 Å². The van der Waals surface area contributed by atoms with Gasteiger partial charge in [-0.2, -0.15) is 13.2 Å². The maximum absolute atomic E-state index is 14.2. The summed E-state index contributed by atoms with van der Waals surface area (Å²) in [6, 6.07) is 8.09. The monoisotopic (exact) mass is 536 g/mol. The Morgan fingerprint density at radius 1 is 1.03 bits per heavy atom. The van der Waals surface area contributed by atoms with Crippen LogP contribution in [0.3, 0.4) is 0 Å². The SMILES string of the molecule is CC(NC(=O)c1ccc(C(F)(F)F)cc1N(c1cccc2nccnc12)S(=O)O)c1ccc(F)cc1F. The molecule has 3 aromatic carbocycles. The number of nitrogens with zero attached hydrogens (tertiary/aromatic N) is 3. The largest absolute Gasteiger partial charge is 0.416 e. The van der Waals surface area contributed by atoms with Gasteiger partial charge in [0.15, 0.2) is 0 Å². The number of carbonyl (C=O) groups is 1. The molecule has 0 bridgehead atoms. The van der Waals surface area contributed by atoms with Crippen LogP contribution in [-0.4, -0.2) is 24.6 Å². The smallest absolute Gasteiger partial charge is 0.345 e. The zero-order chi connectivity index (χ0) is 26.9. The highest BCUT2D eigenvalue weighted by Gasteiger charge is 2.34. The molecule has 13 heteroatoms. The first-order valence-electron chi connectivity index (χ1n) is 10.5. The number of carbonyl (C=O) groups excluding carboxylic acids is 1. The van der Waals surface area contributed by atoms with Crippen LogP contribution in [0.1, 0.15) is 34.5 Å². The van der Waals surface area contributed by atoms with Crippen LogP contribution >= 0.6 is 0 Å². The van der Waals surface area contributed by atoms with Crippen LogP contribution in [0, 0.1) is 11.6 Å². The number of fused-ring (bicyclic) bond motifs is 1. The summed E-state index contributed by atoms with van der Waals surface area (Å²) in [6.45, 7) is 1.39. The number of para-hydroxylation sites is 1. The molecule has 4 rings (SSSR count). The van der Waals surface area contributed by atoms with Crippen molar-refractivity contribution in [2.45, 2.75) is 19.1 Å². The summed E-state index contributed by atoms with van der Waals surface area (Å²) >= 11 is -2.96. The van der Waals surface area contributed by atoms with Gasteiger partial charge < -0.3 is 5.32 Å². The summed E-state index contributed by atoms with van der Waals surface area (Å²) in [4.78, 5) is 21.4. The molecule has 1 amide bonds. The van der Waals surface area contributed by atoms with Crippen molar-refractivity contribution < 1.29 is 35.5 Å². The van der Waals surface area contributed by atoms with Gasteiger partial charge in [0.25, 0.3) is 17.2 Å². The summed E-state index contributed by atoms with van der Waals surface area (Å²) in [5.74, 6) is -2.74. The number of halogens is 5. The second kappa shape index (κ2) is 10.2. The molecule has 0 spiro atoms. The van der Waals surface area contributed by atoms with E-state index in [4.69, 9.17) is 0 Å². The fourth-order valence-electron chi connectivity index (χ4n) is 3.71. The minimum atomic E-state index is -4.84. The third-order valence-corrected chi connectivity index (χ3v) is 6.12. The Bertz CT molecular complexity index is 1510. The van der Waals surface area contributed by atoms with Crippen LogP contribution in [-0.2, 0) is 17.4 Å². The van der Waals surface area contributed by atoms with E-state index in [2.05, 4.69) is 15.3 Å². The molecule has 1 heterocycles. The fourth-order valence-corrected chi connectivity index (χ4v) is 4.35. The highest BCUT2D eigenvalue weighted by atomic mass is 32.2. The number of alkyl halides is 3. The van der Waals surface area contributed by atoms with Gasteiger partial charge in [0.1, 0.15) is 17.2 Å². The normalized spacial score (nSPS) is 13.3. The lowest BCUT2D eigenvalue weighted by Gasteiger charge is -2.25. The molecule has 0 radical (unpaired) electrons. The minimum Gasteiger partial charge on any atom is -0.345 e. The summed E-state index contributed by atoms with van der Waals surface area (Å²) in [6.07, 6.45) is -2.18. The summed E-state index contributed by atoms with van der Waals surface area (Å²) in [7, 11) is 0. The second-order valence-corrected chi connectivity index (χ2v) is 8.64. The lowest BCUT2D eigenvalue weighted by atomic mass is 10.0. The topological polar surface area (TPSA) is 95.4 Å². The van der Waals surface area contributed by atoms with Crippen molar-refractivity contribution in [3.63, 3.8) is 0 Å². The summed E-state index contributed by atoms with van der Waals surface area (Å²) in [5.41, 5.74) is -1.93. The van der Waals surface area contributed by atoms with Gasteiger partial charge in [-0.3, -0.25) is 19.3 Å². The van der Waals surface area contributed by atoms with Gasteiger partial charge in [0.2, 0.25) is 0 Å². The molecule has 0 fully saturated rings. The molecule has 0 aliphatic carbocycles. The lowest BCUT2D eigenvalue weighted by Crippen LogP contribution is -2.30. The Balaban J connectivity index is 1.84. The number of anilines is 2. The molecule has 1 aromatic heterocycles. The van der Waals surface area contributed by atoms with E-state index in [0.717, 1.165) is 18.2 Å². The standard InChI is InChI=1S/C24H17F5N4O3S/c1-13(16-8-6-15(25)12-18(16)26)32-23(34)17-7-5-14(24(27,28)29)11-21(17)33(37(35)36)20-4-2-3-19-22(20)31-10-9-30-19/h2-13H,1H3,(H,32,34)(H,35,36). The van der Waals surface area contributed by atoms with Crippen molar-refractivity contribution >= 4 is 39.6 Å². The van der Waals surface area contributed by atoms with Crippen molar-refractivity contribution in [3.05, 3.63) is 95.3 Å². The van der Waals surface area contributed by atoms with E-state index >= 15 is 0 Å². The number of amides is 1. The molecule has 2 unspecified atom stereocenters. The molecule has 37 heavy (non-hydrogen) atoms. The molecular weight excluding hydrogens is 519 g/mol. The van der Waals surface area contributed by atoms with Crippen molar-refractivity contribution in [2.75, 3.05) is 4.31 Å². The quantitative estimate of drug-likeness (QED) is 0.244. The highest BCUT2D eigenvalue weighted by molar-refractivity contribution is 7.81. The third-order valence-electron chi connectivity index (χ3n) is 5.42. The van der Waals surface area contributed by atoms with Gasteiger partial charge >= 0.3 is 6.18 Å². The Morgan fingerprint density at radius 3 is 2.43 bits per heavy atom. The van der Waals surface area contributed by atoms with Gasteiger partial charge in [-0.15, -0.1) is 0 Å². The molecule has 4 aromatic rings. The van der Waals surface area contributed by atoms with E-state index in [9.17, 15) is 35.5 Å². The average molecular weight is 536 g/mol.